The molecule has 1 rings (SSSR count). The van der Waals surface area contributed by atoms with Crippen LogP contribution in [-0.4, -0.2) is 12.0 Å². The lowest BCUT2D eigenvalue weighted by atomic mass is 10.1. The van der Waals surface area contributed by atoms with E-state index in [-0.39, 0.29) is 11.6 Å². The second kappa shape index (κ2) is 4.50. The number of hydrogen-bond acceptors (Lipinski definition) is 2. The molecule has 0 aliphatic heterocycles. The lowest BCUT2D eigenvalue weighted by Crippen LogP contribution is -2.00. The van der Waals surface area contributed by atoms with E-state index < -0.39 is 0 Å². The number of ketones is 1. The summed E-state index contributed by atoms with van der Waals surface area (Å²) in [6.45, 7) is 0. The van der Waals surface area contributed by atoms with E-state index in [9.17, 15) is 9.18 Å². The Hall–Kier alpha value is -1.51. The average molecular weight is 179 g/mol. The molecule has 3 heteroatoms. The van der Waals surface area contributed by atoms with Crippen LogP contribution in [0, 0.1) is 11.2 Å². The number of halogens is 1. The van der Waals surface area contributed by atoms with Crippen LogP contribution >= 0.6 is 0 Å². The van der Waals surface area contributed by atoms with Gasteiger partial charge < -0.3 is 5.41 Å². The number of rotatable bonds is 4. The Morgan fingerprint density at radius 3 is 2.54 bits per heavy atom. The van der Waals surface area contributed by atoms with Crippen molar-refractivity contribution in [3.63, 3.8) is 0 Å². The zero-order valence-corrected chi connectivity index (χ0v) is 7.09. The molecule has 1 aromatic rings. The number of carbonyl (C=O) groups excluding carboxylic acids is 1. The minimum Gasteiger partial charge on any atom is -0.305 e. The smallest absolute Gasteiger partial charge is 0.173 e. The van der Waals surface area contributed by atoms with Crippen LogP contribution in [0.25, 0.3) is 0 Å². The van der Waals surface area contributed by atoms with Gasteiger partial charge in [-0.25, -0.2) is 4.39 Å². The minimum atomic E-state index is -0.276. The molecule has 68 valence electrons. The third-order valence-electron chi connectivity index (χ3n) is 1.73. The zero-order chi connectivity index (χ0) is 9.68. The molecule has 0 bridgehead atoms. The van der Waals surface area contributed by atoms with Gasteiger partial charge in [-0.05, 0) is 24.1 Å². The van der Waals surface area contributed by atoms with Gasteiger partial charge >= 0.3 is 0 Å². The van der Waals surface area contributed by atoms with Crippen molar-refractivity contribution >= 4 is 12.0 Å². The summed E-state index contributed by atoms with van der Waals surface area (Å²) in [7, 11) is 0. The van der Waals surface area contributed by atoms with E-state index >= 15 is 0 Å². The highest BCUT2D eigenvalue weighted by molar-refractivity contribution is 6.26. The Bertz CT molecular complexity index is 305. The standard InChI is InChI=1S/C10H10FNO/c11-9-4-1-8(2-5-9)3-6-10(13)7-12/h1-2,4-5,7,12H,3,6H2. The Morgan fingerprint density at radius 2 is 2.00 bits per heavy atom. The van der Waals surface area contributed by atoms with Crippen LogP contribution in [0.2, 0.25) is 0 Å². The minimum absolute atomic E-state index is 0.204. The van der Waals surface area contributed by atoms with Crippen molar-refractivity contribution in [2.45, 2.75) is 12.8 Å². The van der Waals surface area contributed by atoms with Gasteiger partial charge in [0.1, 0.15) is 5.82 Å². The van der Waals surface area contributed by atoms with E-state index in [0.29, 0.717) is 12.8 Å². The van der Waals surface area contributed by atoms with Gasteiger partial charge in [-0.15, -0.1) is 0 Å². The summed E-state index contributed by atoms with van der Waals surface area (Å²) in [4.78, 5) is 10.7. The molecular weight excluding hydrogens is 169 g/mol. The first-order valence-corrected chi connectivity index (χ1v) is 4.00. The Kier molecular flexibility index (Phi) is 3.31. The molecule has 0 aromatic heterocycles. The van der Waals surface area contributed by atoms with E-state index in [1.165, 1.54) is 12.1 Å². The van der Waals surface area contributed by atoms with Crippen LogP contribution < -0.4 is 0 Å². The molecule has 0 saturated carbocycles. The summed E-state index contributed by atoms with van der Waals surface area (Å²) in [6.07, 6.45) is 1.69. The van der Waals surface area contributed by atoms with Crippen molar-refractivity contribution in [3.8, 4) is 0 Å². The molecule has 0 unspecified atom stereocenters. The van der Waals surface area contributed by atoms with Gasteiger partial charge in [0.2, 0.25) is 0 Å². The van der Waals surface area contributed by atoms with E-state index in [2.05, 4.69) is 0 Å². The Balaban J connectivity index is 2.50. The van der Waals surface area contributed by atoms with Crippen LogP contribution in [-0.2, 0) is 11.2 Å². The van der Waals surface area contributed by atoms with Crippen LogP contribution in [0.1, 0.15) is 12.0 Å². The lowest BCUT2D eigenvalue weighted by Gasteiger charge is -1.97. The van der Waals surface area contributed by atoms with Crippen LogP contribution in [0.3, 0.4) is 0 Å². The summed E-state index contributed by atoms with van der Waals surface area (Å²) in [6, 6.07) is 6.02. The fraction of sp³-hybridized carbons (Fsp3) is 0.200. The van der Waals surface area contributed by atoms with Gasteiger partial charge in [0.05, 0.1) is 6.21 Å². The largest absolute Gasteiger partial charge is 0.305 e. The molecule has 2 nitrogen and oxygen atoms in total. The molecule has 0 atom stereocenters. The normalized spacial score (nSPS) is 9.62. The predicted octanol–water partition coefficient (Wildman–Crippen LogP) is 1.98. The Morgan fingerprint density at radius 1 is 1.38 bits per heavy atom. The molecule has 0 saturated heterocycles. The van der Waals surface area contributed by atoms with E-state index in [0.717, 1.165) is 11.8 Å². The third-order valence-corrected chi connectivity index (χ3v) is 1.73. The Labute approximate surface area is 75.9 Å². The van der Waals surface area contributed by atoms with Crippen molar-refractivity contribution in [1.29, 1.82) is 5.41 Å². The molecule has 0 heterocycles. The second-order valence-corrected chi connectivity index (χ2v) is 2.74. The SMILES string of the molecule is N=CC(=O)CCc1ccc(F)cc1. The zero-order valence-electron chi connectivity index (χ0n) is 7.09. The molecule has 0 spiro atoms. The maximum absolute atomic E-state index is 12.4. The molecule has 0 fully saturated rings. The predicted molar refractivity (Wildman–Crippen MR) is 48.5 cm³/mol. The number of benzene rings is 1. The fourth-order valence-corrected chi connectivity index (χ4v) is 0.991. The van der Waals surface area contributed by atoms with E-state index in [1.807, 2.05) is 0 Å². The molecule has 0 radical (unpaired) electrons. The third kappa shape index (κ3) is 3.15. The average Bonchev–Trinajstić information content (AvgIpc) is 2.16. The number of nitrogens with one attached hydrogen (secondary N) is 1. The van der Waals surface area contributed by atoms with Gasteiger partial charge in [-0.2, -0.15) is 0 Å². The monoisotopic (exact) mass is 179 g/mol. The first-order chi connectivity index (χ1) is 6.22. The molecule has 0 aliphatic rings. The highest BCUT2D eigenvalue weighted by atomic mass is 19.1. The number of aryl methyl sites for hydroxylation is 1. The van der Waals surface area contributed by atoms with Crippen LogP contribution in [0.4, 0.5) is 4.39 Å². The van der Waals surface area contributed by atoms with Gasteiger partial charge in [-0.1, -0.05) is 12.1 Å². The highest BCUT2D eigenvalue weighted by Gasteiger charge is 1.98. The molecule has 0 amide bonds. The molecule has 0 aliphatic carbocycles. The maximum Gasteiger partial charge on any atom is 0.173 e. The summed E-state index contributed by atoms with van der Waals surface area (Å²) in [5, 5.41) is 6.67. The first kappa shape index (κ1) is 9.58. The van der Waals surface area contributed by atoms with Crippen molar-refractivity contribution < 1.29 is 9.18 Å². The topological polar surface area (TPSA) is 40.9 Å². The number of hydrogen-bond donors (Lipinski definition) is 1. The second-order valence-electron chi connectivity index (χ2n) is 2.74. The number of carbonyl (C=O) groups is 1. The lowest BCUT2D eigenvalue weighted by molar-refractivity contribution is -0.112. The van der Waals surface area contributed by atoms with Gasteiger partial charge in [-0.3, -0.25) is 4.79 Å². The van der Waals surface area contributed by atoms with Crippen molar-refractivity contribution in [2.24, 2.45) is 0 Å². The molecule has 1 N–H and O–H groups in total. The molecule has 1 aromatic carbocycles. The van der Waals surface area contributed by atoms with Gasteiger partial charge in [0.25, 0.3) is 0 Å². The van der Waals surface area contributed by atoms with Crippen LogP contribution in [0.5, 0.6) is 0 Å². The number of Topliss-reactive ketones (excluding diaryl/α,β-unsaturated/α-hetero) is 1. The highest BCUT2D eigenvalue weighted by Crippen LogP contribution is 2.05. The summed E-state index contributed by atoms with van der Waals surface area (Å²) in [5.41, 5.74) is 0.914. The van der Waals surface area contributed by atoms with Crippen molar-refractivity contribution in [1.82, 2.24) is 0 Å². The maximum atomic E-state index is 12.4. The first-order valence-electron chi connectivity index (χ1n) is 4.00. The van der Waals surface area contributed by atoms with Crippen molar-refractivity contribution in [2.75, 3.05) is 0 Å². The fourth-order valence-electron chi connectivity index (χ4n) is 0.991. The van der Waals surface area contributed by atoms with E-state index in [4.69, 9.17) is 5.41 Å². The molecule has 13 heavy (non-hydrogen) atoms. The molecular formula is C10H10FNO. The van der Waals surface area contributed by atoms with Gasteiger partial charge in [0.15, 0.2) is 5.78 Å². The summed E-state index contributed by atoms with van der Waals surface area (Å²) in [5.74, 6) is -0.480. The quantitative estimate of drug-likeness (QED) is 0.705. The van der Waals surface area contributed by atoms with Gasteiger partial charge in [0, 0.05) is 6.42 Å². The van der Waals surface area contributed by atoms with Crippen LogP contribution in [0.15, 0.2) is 24.3 Å². The van der Waals surface area contributed by atoms with Crippen molar-refractivity contribution in [3.05, 3.63) is 35.6 Å². The van der Waals surface area contributed by atoms with E-state index in [1.54, 1.807) is 12.1 Å². The summed E-state index contributed by atoms with van der Waals surface area (Å²) < 4.78 is 12.4. The summed E-state index contributed by atoms with van der Waals surface area (Å²) >= 11 is 0.